The van der Waals surface area contributed by atoms with E-state index in [1.807, 2.05) is 13.0 Å². The van der Waals surface area contributed by atoms with E-state index in [0.29, 0.717) is 27.1 Å². The molecule has 2 rings (SSSR count). The molecule has 0 bridgehead atoms. The van der Waals surface area contributed by atoms with Crippen LogP contribution in [0.2, 0.25) is 10.0 Å². The van der Waals surface area contributed by atoms with Gasteiger partial charge in [0.2, 0.25) is 0 Å². The van der Waals surface area contributed by atoms with Crippen molar-refractivity contribution in [2.45, 2.75) is 13.0 Å². The summed E-state index contributed by atoms with van der Waals surface area (Å²) in [6, 6.07) is 10.1. The molecule has 2 aromatic carbocycles. The Morgan fingerprint density at radius 3 is 2.38 bits per heavy atom. The number of hydrogen-bond acceptors (Lipinski definition) is 3. The zero-order chi connectivity index (χ0) is 17.9. The lowest BCUT2D eigenvalue weighted by molar-refractivity contribution is 0.0739. The Morgan fingerprint density at radius 1 is 1.08 bits per heavy atom. The molecule has 0 N–H and O–H groups in total. The van der Waals surface area contributed by atoms with Crippen LogP contribution in [-0.4, -0.2) is 32.1 Å². The lowest BCUT2D eigenvalue weighted by Crippen LogP contribution is -2.30. The lowest BCUT2D eigenvalue weighted by atomic mass is 10.1. The molecular formula is C18H19Cl2NO3. The maximum absolute atomic E-state index is 12.9. The van der Waals surface area contributed by atoms with Crippen molar-refractivity contribution in [2.24, 2.45) is 0 Å². The Hall–Kier alpha value is -1.91. The third-order valence-electron chi connectivity index (χ3n) is 3.95. The highest BCUT2D eigenvalue weighted by Crippen LogP contribution is 2.32. The summed E-state index contributed by atoms with van der Waals surface area (Å²) in [5.74, 6) is 0.911. The lowest BCUT2D eigenvalue weighted by Gasteiger charge is -2.27. The minimum absolute atomic E-state index is 0.173. The maximum atomic E-state index is 12.9. The van der Waals surface area contributed by atoms with Crippen molar-refractivity contribution in [1.29, 1.82) is 0 Å². The quantitative estimate of drug-likeness (QED) is 0.758. The van der Waals surface area contributed by atoms with Crippen molar-refractivity contribution in [2.75, 3.05) is 21.3 Å². The summed E-state index contributed by atoms with van der Waals surface area (Å²) in [6.45, 7) is 1.91. The fourth-order valence-electron chi connectivity index (χ4n) is 2.39. The van der Waals surface area contributed by atoms with E-state index in [0.717, 1.165) is 5.56 Å². The van der Waals surface area contributed by atoms with Gasteiger partial charge in [-0.25, -0.2) is 0 Å². The minimum Gasteiger partial charge on any atom is -0.497 e. The SMILES string of the molecule is COc1ccc(C(=O)N(C)C(C)c2ccc(Cl)cc2Cl)c(OC)c1. The molecule has 4 nitrogen and oxygen atoms in total. The summed E-state index contributed by atoms with van der Waals surface area (Å²) in [6.07, 6.45) is 0. The Morgan fingerprint density at radius 2 is 1.79 bits per heavy atom. The number of benzene rings is 2. The van der Waals surface area contributed by atoms with E-state index in [4.69, 9.17) is 32.7 Å². The van der Waals surface area contributed by atoms with Gasteiger partial charge in [-0.3, -0.25) is 4.79 Å². The van der Waals surface area contributed by atoms with Gasteiger partial charge in [0.25, 0.3) is 5.91 Å². The summed E-state index contributed by atoms with van der Waals surface area (Å²) >= 11 is 12.2. The average molecular weight is 368 g/mol. The highest BCUT2D eigenvalue weighted by Gasteiger charge is 2.23. The predicted molar refractivity (Wildman–Crippen MR) is 96.5 cm³/mol. The van der Waals surface area contributed by atoms with Crippen LogP contribution in [-0.2, 0) is 0 Å². The van der Waals surface area contributed by atoms with Crippen LogP contribution in [0.1, 0.15) is 28.9 Å². The summed E-state index contributed by atoms with van der Waals surface area (Å²) in [7, 11) is 4.81. The first-order valence-corrected chi connectivity index (χ1v) is 8.08. The fraction of sp³-hybridized carbons (Fsp3) is 0.278. The van der Waals surface area contributed by atoms with E-state index in [9.17, 15) is 4.79 Å². The molecule has 0 aliphatic heterocycles. The summed E-state index contributed by atoms with van der Waals surface area (Å²) in [5, 5.41) is 1.08. The van der Waals surface area contributed by atoms with Crippen LogP contribution < -0.4 is 9.47 Å². The third kappa shape index (κ3) is 3.77. The van der Waals surface area contributed by atoms with Gasteiger partial charge in [-0.05, 0) is 36.8 Å². The Kier molecular flexibility index (Phi) is 5.97. The molecule has 0 saturated heterocycles. The number of hydrogen-bond donors (Lipinski definition) is 0. The predicted octanol–water partition coefficient (Wildman–Crippen LogP) is 4.84. The zero-order valence-electron chi connectivity index (χ0n) is 14.0. The molecule has 0 heterocycles. The number of rotatable bonds is 5. The molecule has 0 aliphatic carbocycles. The first-order valence-electron chi connectivity index (χ1n) is 7.33. The molecule has 0 radical (unpaired) electrons. The molecule has 0 aliphatic rings. The van der Waals surface area contributed by atoms with Gasteiger partial charge in [0.1, 0.15) is 11.5 Å². The Labute approximate surface area is 151 Å². The number of halogens is 2. The molecular weight excluding hydrogens is 349 g/mol. The number of ether oxygens (including phenoxy) is 2. The fourth-order valence-corrected chi connectivity index (χ4v) is 2.96. The maximum Gasteiger partial charge on any atom is 0.257 e. The number of nitrogens with zero attached hydrogens (tertiary/aromatic N) is 1. The molecule has 2 aromatic rings. The van der Waals surface area contributed by atoms with Gasteiger partial charge in [-0.2, -0.15) is 0 Å². The molecule has 0 aromatic heterocycles. The normalized spacial score (nSPS) is 11.8. The molecule has 6 heteroatoms. The van der Waals surface area contributed by atoms with Gasteiger partial charge in [0.15, 0.2) is 0 Å². The second kappa shape index (κ2) is 7.77. The van der Waals surface area contributed by atoms with Crippen molar-refractivity contribution in [3.05, 3.63) is 57.6 Å². The van der Waals surface area contributed by atoms with Crippen molar-refractivity contribution in [3.63, 3.8) is 0 Å². The molecule has 128 valence electrons. The third-order valence-corrected chi connectivity index (χ3v) is 4.52. The molecule has 0 saturated carbocycles. The second-order valence-electron chi connectivity index (χ2n) is 5.32. The standard InChI is InChI=1S/C18H19Cl2NO3/c1-11(14-7-5-12(19)9-16(14)20)21(2)18(22)15-8-6-13(23-3)10-17(15)24-4/h5-11H,1-4H3. The van der Waals surface area contributed by atoms with Crippen LogP contribution in [0.3, 0.4) is 0 Å². The van der Waals surface area contributed by atoms with Crippen molar-refractivity contribution >= 4 is 29.1 Å². The molecule has 1 atom stereocenters. The first-order chi connectivity index (χ1) is 11.4. The highest BCUT2D eigenvalue weighted by atomic mass is 35.5. The van der Waals surface area contributed by atoms with Gasteiger partial charge in [0, 0.05) is 23.2 Å². The Bertz CT molecular complexity index is 749. The number of amides is 1. The molecule has 0 spiro atoms. The van der Waals surface area contributed by atoms with Crippen molar-refractivity contribution in [3.8, 4) is 11.5 Å². The van der Waals surface area contributed by atoms with Crippen LogP contribution in [0.5, 0.6) is 11.5 Å². The van der Waals surface area contributed by atoms with E-state index < -0.39 is 0 Å². The van der Waals surface area contributed by atoms with Crippen LogP contribution in [0.25, 0.3) is 0 Å². The van der Waals surface area contributed by atoms with Gasteiger partial charge in [-0.15, -0.1) is 0 Å². The van der Waals surface area contributed by atoms with Gasteiger partial charge in [0.05, 0.1) is 25.8 Å². The van der Waals surface area contributed by atoms with Crippen molar-refractivity contribution < 1.29 is 14.3 Å². The summed E-state index contributed by atoms with van der Waals surface area (Å²) < 4.78 is 10.5. The van der Waals surface area contributed by atoms with E-state index in [1.54, 1.807) is 49.4 Å². The zero-order valence-corrected chi connectivity index (χ0v) is 15.5. The summed E-state index contributed by atoms with van der Waals surface area (Å²) in [4.78, 5) is 14.5. The van der Waals surface area contributed by atoms with Crippen LogP contribution >= 0.6 is 23.2 Å². The van der Waals surface area contributed by atoms with Crippen LogP contribution in [0, 0.1) is 0 Å². The van der Waals surface area contributed by atoms with E-state index in [-0.39, 0.29) is 11.9 Å². The molecule has 1 amide bonds. The van der Waals surface area contributed by atoms with Gasteiger partial charge >= 0.3 is 0 Å². The van der Waals surface area contributed by atoms with E-state index in [1.165, 1.54) is 7.11 Å². The topological polar surface area (TPSA) is 38.8 Å². The van der Waals surface area contributed by atoms with Crippen molar-refractivity contribution in [1.82, 2.24) is 4.90 Å². The smallest absolute Gasteiger partial charge is 0.257 e. The van der Waals surface area contributed by atoms with Crippen LogP contribution in [0.4, 0.5) is 0 Å². The first kappa shape index (κ1) is 18.4. The van der Waals surface area contributed by atoms with Gasteiger partial charge in [-0.1, -0.05) is 29.3 Å². The summed E-state index contributed by atoms with van der Waals surface area (Å²) in [5.41, 5.74) is 1.28. The second-order valence-corrected chi connectivity index (χ2v) is 6.17. The largest absolute Gasteiger partial charge is 0.497 e. The van der Waals surface area contributed by atoms with Gasteiger partial charge < -0.3 is 14.4 Å². The van der Waals surface area contributed by atoms with Crippen LogP contribution in [0.15, 0.2) is 36.4 Å². The number of carbonyl (C=O) groups is 1. The Balaban J connectivity index is 2.32. The minimum atomic E-state index is -0.228. The van der Waals surface area contributed by atoms with E-state index >= 15 is 0 Å². The molecule has 24 heavy (non-hydrogen) atoms. The monoisotopic (exact) mass is 367 g/mol. The highest BCUT2D eigenvalue weighted by molar-refractivity contribution is 6.35. The number of methoxy groups -OCH3 is 2. The molecule has 0 fully saturated rings. The average Bonchev–Trinajstić information content (AvgIpc) is 2.59. The number of carbonyl (C=O) groups excluding carboxylic acids is 1. The molecule has 1 unspecified atom stereocenters. The van der Waals surface area contributed by atoms with E-state index in [2.05, 4.69) is 0 Å².